The zero-order chi connectivity index (χ0) is 10.8. The summed E-state index contributed by atoms with van der Waals surface area (Å²) in [5, 5.41) is 13.9. The lowest BCUT2D eigenvalue weighted by Gasteiger charge is -2.05. The Morgan fingerprint density at radius 3 is 2.47 bits per heavy atom. The van der Waals surface area contributed by atoms with Gasteiger partial charge in [0.05, 0.1) is 6.20 Å². The van der Waals surface area contributed by atoms with Crippen molar-refractivity contribution in [3.63, 3.8) is 0 Å². The minimum Gasteiger partial charge on any atom is -0.380 e. The fourth-order valence-electron chi connectivity index (χ4n) is 1.27. The minimum atomic E-state index is -0.806. The Hall–Kier alpha value is -1.75. The zero-order valence-corrected chi connectivity index (χ0v) is 8.62. The molecule has 0 aliphatic carbocycles. The van der Waals surface area contributed by atoms with Gasteiger partial charge in [-0.3, -0.25) is 4.68 Å². The normalized spacial score (nSPS) is 12.7. The second-order valence-corrected chi connectivity index (χ2v) is 3.47. The molecule has 0 bridgehead atoms. The van der Waals surface area contributed by atoms with Crippen molar-refractivity contribution in [1.82, 2.24) is 19.7 Å². The number of rotatable bonds is 2. The van der Waals surface area contributed by atoms with Crippen LogP contribution in [0.3, 0.4) is 0 Å². The van der Waals surface area contributed by atoms with Gasteiger partial charge in [0.15, 0.2) is 5.82 Å². The maximum absolute atomic E-state index is 9.92. The van der Waals surface area contributed by atoms with Crippen molar-refractivity contribution in [1.29, 1.82) is 0 Å². The van der Waals surface area contributed by atoms with Crippen molar-refractivity contribution in [2.24, 2.45) is 7.05 Å². The summed E-state index contributed by atoms with van der Waals surface area (Å²) in [6, 6.07) is 0. The van der Waals surface area contributed by atoms with E-state index in [0.29, 0.717) is 11.4 Å². The SMILES string of the molecule is Cc1cnc(C(O)c2cnn(C)c2)nc1. The van der Waals surface area contributed by atoms with E-state index in [1.807, 2.05) is 6.92 Å². The monoisotopic (exact) mass is 204 g/mol. The second kappa shape index (κ2) is 3.78. The van der Waals surface area contributed by atoms with Crippen molar-refractivity contribution in [3.05, 3.63) is 41.7 Å². The molecule has 5 nitrogen and oxygen atoms in total. The third-order valence-electron chi connectivity index (χ3n) is 2.09. The summed E-state index contributed by atoms with van der Waals surface area (Å²) < 4.78 is 1.63. The summed E-state index contributed by atoms with van der Waals surface area (Å²) in [6.07, 6.45) is 5.91. The highest BCUT2D eigenvalue weighted by Crippen LogP contribution is 2.16. The number of nitrogens with zero attached hydrogens (tertiary/aromatic N) is 4. The van der Waals surface area contributed by atoms with Crippen LogP contribution in [0.5, 0.6) is 0 Å². The maximum atomic E-state index is 9.92. The number of aliphatic hydroxyl groups is 1. The van der Waals surface area contributed by atoms with Crippen LogP contribution in [0.15, 0.2) is 24.8 Å². The Bertz CT molecular complexity index is 449. The predicted molar refractivity (Wildman–Crippen MR) is 54.0 cm³/mol. The summed E-state index contributed by atoms with van der Waals surface area (Å²) in [5.74, 6) is 0.397. The number of aliphatic hydroxyl groups excluding tert-OH is 1. The molecule has 2 heterocycles. The highest BCUT2D eigenvalue weighted by atomic mass is 16.3. The number of aromatic nitrogens is 4. The van der Waals surface area contributed by atoms with Crippen molar-refractivity contribution in [2.45, 2.75) is 13.0 Å². The molecule has 1 atom stereocenters. The molecule has 0 aliphatic rings. The summed E-state index contributed by atoms with van der Waals surface area (Å²) in [6.45, 7) is 1.90. The predicted octanol–water partition coefficient (Wildman–Crippen LogP) is 0.600. The van der Waals surface area contributed by atoms with Gasteiger partial charge < -0.3 is 5.11 Å². The Morgan fingerprint density at radius 2 is 1.93 bits per heavy atom. The van der Waals surface area contributed by atoms with Gasteiger partial charge in [0.25, 0.3) is 0 Å². The summed E-state index contributed by atoms with van der Waals surface area (Å²) in [4.78, 5) is 8.13. The minimum absolute atomic E-state index is 0.397. The molecule has 78 valence electrons. The van der Waals surface area contributed by atoms with Gasteiger partial charge in [0.2, 0.25) is 0 Å². The van der Waals surface area contributed by atoms with E-state index in [2.05, 4.69) is 15.1 Å². The molecular formula is C10H12N4O. The van der Waals surface area contributed by atoms with Gasteiger partial charge in [-0.25, -0.2) is 9.97 Å². The average molecular weight is 204 g/mol. The maximum Gasteiger partial charge on any atom is 0.161 e. The third kappa shape index (κ3) is 2.02. The molecule has 5 heteroatoms. The lowest BCUT2D eigenvalue weighted by molar-refractivity contribution is 0.209. The molecule has 0 spiro atoms. The molecule has 0 aliphatic heterocycles. The first-order valence-corrected chi connectivity index (χ1v) is 4.62. The Kier molecular flexibility index (Phi) is 2.47. The van der Waals surface area contributed by atoms with E-state index in [-0.39, 0.29) is 0 Å². The van der Waals surface area contributed by atoms with Crippen LogP contribution in [0.1, 0.15) is 23.1 Å². The Labute approximate surface area is 87.4 Å². The molecule has 0 aromatic carbocycles. The van der Waals surface area contributed by atoms with Crippen LogP contribution in [-0.2, 0) is 7.05 Å². The van der Waals surface area contributed by atoms with Crippen LogP contribution < -0.4 is 0 Å². The second-order valence-electron chi connectivity index (χ2n) is 3.47. The van der Waals surface area contributed by atoms with Crippen LogP contribution in [0.2, 0.25) is 0 Å². The first-order chi connectivity index (χ1) is 7.16. The highest BCUT2D eigenvalue weighted by molar-refractivity contribution is 5.17. The summed E-state index contributed by atoms with van der Waals surface area (Å²) in [7, 11) is 1.80. The van der Waals surface area contributed by atoms with Gasteiger partial charge in [-0.05, 0) is 12.5 Å². The molecule has 0 fully saturated rings. The lowest BCUT2D eigenvalue weighted by atomic mass is 10.2. The number of hydrogen-bond acceptors (Lipinski definition) is 4. The lowest BCUT2D eigenvalue weighted by Crippen LogP contribution is -2.04. The quantitative estimate of drug-likeness (QED) is 0.778. The van der Waals surface area contributed by atoms with E-state index >= 15 is 0 Å². The molecule has 0 saturated heterocycles. The average Bonchev–Trinajstić information content (AvgIpc) is 2.65. The summed E-state index contributed by atoms with van der Waals surface area (Å²) >= 11 is 0. The van der Waals surface area contributed by atoms with Crippen molar-refractivity contribution in [2.75, 3.05) is 0 Å². The fourth-order valence-corrected chi connectivity index (χ4v) is 1.27. The summed E-state index contributed by atoms with van der Waals surface area (Å²) in [5.41, 5.74) is 1.67. The van der Waals surface area contributed by atoms with E-state index in [1.54, 1.807) is 36.5 Å². The molecule has 0 radical (unpaired) electrons. The number of aryl methyl sites for hydroxylation is 2. The van der Waals surface area contributed by atoms with Gasteiger partial charge >= 0.3 is 0 Å². The Morgan fingerprint density at radius 1 is 1.27 bits per heavy atom. The molecular weight excluding hydrogens is 192 g/mol. The molecule has 1 N–H and O–H groups in total. The van der Waals surface area contributed by atoms with Crippen LogP contribution in [0.25, 0.3) is 0 Å². The topological polar surface area (TPSA) is 63.8 Å². The first-order valence-electron chi connectivity index (χ1n) is 4.62. The smallest absolute Gasteiger partial charge is 0.161 e. The van der Waals surface area contributed by atoms with Crippen molar-refractivity contribution >= 4 is 0 Å². The van der Waals surface area contributed by atoms with E-state index < -0.39 is 6.10 Å². The number of hydrogen-bond donors (Lipinski definition) is 1. The van der Waals surface area contributed by atoms with Crippen molar-refractivity contribution in [3.8, 4) is 0 Å². The van der Waals surface area contributed by atoms with E-state index in [0.717, 1.165) is 5.56 Å². The third-order valence-corrected chi connectivity index (χ3v) is 2.09. The van der Waals surface area contributed by atoms with E-state index in [4.69, 9.17) is 0 Å². The van der Waals surface area contributed by atoms with Crippen LogP contribution in [0.4, 0.5) is 0 Å². The fraction of sp³-hybridized carbons (Fsp3) is 0.300. The van der Waals surface area contributed by atoms with Crippen LogP contribution in [0, 0.1) is 6.92 Å². The van der Waals surface area contributed by atoms with Crippen LogP contribution in [-0.4, -0.2) is 24.9 Å². The molecule has 0 saturated carbocycles. The molecule has 15 heavy (non-hydrogen) atoms. The van der Waals surface area contributed by atoms with Gasteiger partial charge in [0.1, 0.15) is 6.10 Å². The Balaban J connectivity index is 2.28. The van der Waals surface area contributed by atoms with Gasteiger partial charge in [-0.2, -0.15) is 5.10 Å². The van der Waals surface area contributed by atoms with E-state index in [1.165, 1.54) is 0 Å². The molecule has 0 amide bonds. The molecule has 1 unspecified atom stereocenters. The zero-order valence-electron chi connectivity index (χ0n) is 8.62. The molecule has 2 rings (SSSR count). The van der Waals surface area contributed by atoms with Crippen LogP contribution >= 0.6 is 0 Å². The molecule has 2 aromatic rings. The first kappa shape index (κ1) is 9.79. The van der Waals surface area contributed by atoms with Gasteiger partial charge in [0, 0.05) is 31.2 Å². The largest absolute Gasteiger partial charge is 0.380 e. The van der Waals surface area contributed by atoms with E-state index in [9.17, 15) is 5.11 Å². The highest BCUT2D eigenvalue weighted by Gasteiger charge is 2.14. The van der Waals surface area contributed by atoms with Gasteiger partial charge in [-0.1, -0.05) is 0 Å². The standard InChI is InChI=1S/C10H12N4O/c1-7-3-11-10(12-4-7)9(15)8-5-13-14(2)6-8/h3-6,9,15H,1-2H3. The van der Waals surface area contributed by atoms with Gasteiger partial charge in [-0.15, -0.1) is 0 Å². The molecule has 2 aromatic heterocycles. The van der Waals surface area contributed by atoms with Crippen molar-refractivity contribution < 1.29 is 5.11 Å².